The third-order valence-electron chi connectivity index (χ3n) is 2.51. The van der Waals surface area contributed by atoms with E-state index in [-0.39, 0.29) is 6.04 Å². The average Bonchev–Trinajstić information content (AvgIpc) is 2.28. The highest BCUT2D eigenvalue weighted by Gasteiger charge is 2.32. The molecule has 0 saturated carbocycles. The monoisotopic (exact) mass is 247 g/mol. The molecule has 3 nitrogen and oxygen atoms in total. The first-order valence-corrected chi connectivity index (χ1v) is 5.54. The maximum atomic E-state index is 12.3. The summed E-state index contributed by atoms with van der Waals surface area (Å²) in [5.74, 6) is 0. The molecule has 0 fully saturated rings. The summed E-state index contributed by atoms with van der Waals surface area (Å²) in [7, 11) is 1.83. The van der Waals surface area contributed by atoms with Crippen molar-refractivity contribution in [1.29, 1.82) is 0 Å². The van der Waals surface area contributed by atoms with Crippen molar-refractivity contribution in [2.45, 2.75) is 38.4 Å². The molecule has 17 heavy (non-hydrogen) atoms. The largest absolute Gasteiger partial charge is 0.435 e. The predicted octanol–water partition coefficient (Wildman–Crippen LogP) is 2.43. The Kier molecular flexibility index (Phi) is 4.86. The number of likely N-dealkylation sites (N-methyl/N-ethyl adjacent to an activating group) is 1. The third-order valence-corrected chi connectivity index (χ3v) is 2.51. The molecule has 1 N–H and O–H groups in total. The van der Waals surface area contributed by atoms with Gasteiger partial charge in [0, 0.05) is 12.5 Å². The Balaban J connectivity index is 2.68. The summed E-state index contributed by atoms with van der Waals surface area (Å²) in [6, 6.07) is 2.59. The van der Waals surface area contributed by atoms with E-state index in [1.807, 2.05) is 7.05 Å². The molecular formula is C11H16F3N3. The Morgan fingerprint density at radius 1 is 1.29 bits per heavy atom. The van der Waals surface area contributed by atoms with E-state index in [2.05, 4.69) is 22.4 Å². The van der Waals surface area contributed by atoms with Gasteiger partial charge in [0.2, 0.25) is 0 Å². The van der Waals surface area contributed by atoms with Crippen LogP contribution < -0.4 is 5.32 Å². The lowest BCUT2D eigenvalue weighted by Crippen LogP contribution is -2.27. The van der Waals surface area contributed by atoms with Gasteiger partial charge in [-0.1, -0.05) is 13.3 Å². The molecule has 1 atom stereocenters. The van der Waals surface area contributed by atoms with Crippen molar-refractivity contribution in [3.05, 3.63) is 23.5 Å². The van der Waals surface area contributed by atoms with Crippen LogP contribution in [0.2, 0.25) is 0 Å². The van der Waals surface area contributed by atoms with Crippen LogP contribution in [0.3, 0.4) is 0 Å². The second-order valence-corrected chi connectivity index (χ2v) is 3.89. The van der Waals surface area contributed by atoms with Crippen LogP contribution in [0.25, 0.3) is 0 Å². The lowest BCUT2D eigenvalue weighted by molar-refractivity contribution is -0.141. The Hall–Kier alpha value is -1.17. The van der Waals surface area contributed by atoms with Gasteiger partial charge in [0.15, 0.2) is 5.69 Å². The number of halogens is 3. The zero-order valence-corrected chi connectivity index (χ0v) is 9.88. The molecule has 1 heterocycles. The second kappa shape index (κ2) is 5.95. The van der Waals surface area contributed by atoms with Crippen molar-refractivity contribution < 1.29 is 13.2 Å². The molecule has 1 unspecified atom stereocenters. The van der Waals surface area contributed by atoms with E-state index in [0.29, 0.717) is 12.1 Å². The molecule has 0 aliphatic carbocycles. The summed E-state index contributed by atoms with van der Waals surface area (Å²) in [5, 5.41) is 9.91. The molecule has 0 spiro atoms. The number of aromatic nitrogens is 2. The first-order chi connectivity index (χ1) is 7.97. The smallest absolute Gasteiger partial charge is 0.317 e. The zero-order chi connectivity index (χ0) is 12.9. The molecule has 0 saturated heterocycles. The SMILES string of the molecule is CCCC(Cc1ccc(C(F)(F)F)nn1)NC. The topological polar surface area (TPSA) is 37.8 Å². The van der Waals surface area contributed by atoms with E-state index < -0.39 is 11.9 Å². The summed E-state index contributed by atoms with van der Waals surface area (Å²) in [5.41, 5.74) is -0.372. The fraction of sp³-hybridized carbons (Fsp3) is 0.636. The van der Waals surface area contributed by atoms with Crippen LogP contribution in [0.1, 0.15) is 31.2 Å². The van der Waals surface area contributed by atoms with Crippen molar-refractivity contribution in [3.63, 3.8) is 0 Å². The lowest BCUT2D eigenvalue weighted by atomic mass is 10.1. The molecular weight excluding hydrogens is 231 g/mol. The molecule has 96 valence electrons. The van der Waals surface area contributed by atoms with Crippen LogP contribution in [0.5, 0.6) is 0 Å². The number of rotatable bonds is 5. The summed E-state index contributed by atoms with van der Waals surface area (Å²) >= 11 is 0. The van der Waals surface area contributed by atoms with Crippen molar-refractivity contribution in [1.82, 2.24) is 15.5 Å². The minimum atomic E-state index is -4.42. The van der Waals surface area contributed by atoms with Gasteiger partial charge in [-0.25, -0.2) is 0 Å². The van der Waals surface area contributed by atoms with Crippen LogP contribution in [-0.2, 0) is 12.6 Å². The van der Waals surface area contributed by atoms with E-state index in [0.717, 1.165) is 18.9 Å². The van der Waals surface area contributed by atoms with E-state index >= 15 is 0 Å². The average molecular weight is 247 g/mol. The Bertz CT molecular complexity index is 335. The van der Waals surface area contributed by atoms with Crippen LogP contribution >= 0.6 is 0 Å². The highest BCUT2D eigenvalue weighted by Crippen LogP contribution is 2.26. The minimum absolute atomic E-state index is 0.228. The van der Waals surface area contributed by atoms with Crippen molar-refractivity contribution in [2.75, 3.05) is 7.05 Å². The molecule has 0 radical (unpaired) electrons. The van der Waals surface area contributed by atoms with Crippen LogP contribution in [0.15, 0.2) is 12.1 Å². The molecule has 6 heteroatoms. The lowest BCUT2D eigenvalue weighted by Gasteiger charge is -2.14. The Morgan fingerprint density at radius 2 is 2.00 bits per heavy atom. The van der Waals surface area contributed by atoms with Crippen molar-refractivity contribution in [2.24, 2.45) is 0 Å². The quantitative estimate of drug-likeness (QED) is 0.868. The van der Waals surface area contributed by atoms with E-state index in [9.17, 15) is 13.2 Å². The number of alkyl halides is 3. The van der Waals surface area contributed by atoms with Gasteiger partial charge in [-0.15, -0.1) is 5.10 Å². The number of hydrogen-bond donors (Lipinski definition) is 1. The van der Waals surface area contributed by atoms with Gasteiger partial charge in [-0.2, -0.15) is 18.3 Å². The molecule has 0 amide bonds. The molecule has 0 aliphatic rings. The van der Waals surface area contributed by atoms with E-state index in [4.69, 9.17) is 0 Å². The molecule has 1 aromatic rings. The van der Waals surface area contributed by atoms with Gasteiger partial charge in [0.1, 0.15) is 0 Å². The summed E-state index contributed by atoms with van der Waals surface area (Å²) in [6.07, 6.45) is -1.86. The predicted molar refractivity (Wildman–Crippen MR) is 58.5 cm³/mol. The van der Waals surface area contributed by atoms with Gasteiger partial charge in [-0.3, -0.25) is 0 Å². The van der Waals surface area contributed by atoms with Crippen LogP contribution in [-0.4, -0.2) is 23.3 Å². The fourth-order valence-corrected chi connectivity index (χ4v) is 1.57. The van der Waals surface area contributed by atoms with Gasteiger partial charge < -0.3 is 5.32 Å². The number of nitrogens with one attached hydrogen (secondary N) is 1. The summed E-state index contributed by atoms with van der Waals surface area (Å²) < 4.78 is 36.8. The standard InChI is InChI=1S/C11H16F3N3/c1-3-4-8(15-2)7-9-5-6-10(17-16-9)11(12,13)14/h5-6,8,15H,3-4,7H2,1-2H3. The molecule has 0 aromatic carbocycles. The van der Waals surface area contributed by atoms with E-state index in [1.54, 1.807) is 0 Å². The molecule has 0 bridgehead atoms. The highest BCUT2D eigenvalue weighted by molar-refractivity contribution is 5.10. The first-order valence-electron chi connectivity index (χ1n) is 5.54. The molecule has 0 aliphatic heterocycles. The fourth-order valence-electron chi connectivity index (χ4n) is 1.57. The van der Waals surface area contributed by atoms with Gasteiger partial charge in [0.25, 0.3) is 0 Å². The van der Waals surface area contributed by atoms with Crippen molar-refractivity contribution in [3.8, 4) is 0 Å². The first kappa shape index (κ1) is 13.9. The minimum Gasteiger partial charge on any atom is -0.317 e. The van der Waals surface area contributed by atoms with E-state index in [1.165, 1.54) is 6.07 Å². The summed E-state index contributed by atoms with van der Waals surface area (Å²) in [6.45, 7) is 2.06. The second-order valence-electron chi connectivity index (χ2n) is 3.89. The van der Waals surface area contributed by atoms with Gasteiger partial charge in [-0.05, 0) is 25.6 Å². The summed E-state index contributed by atoms with van der Waals surface area (Å²) in [4.78, 5) is 0. The normalized spacial score (nSPS) is 13.7. The molecule has 1 aromatic heterocycles. The van der Waals surface area contributed by atoms with Gasteiger partial charge in [0.05, 0.1) is 5.69 Å². The Morgan fingerprint density at radius 3 is 2.41 bits per heavy atom. The van der Waals surface area contributed by atoms with Crippen molar-refractivity contribution >= 4 is 0 Å². The Labute approximate surface area is 98.4 Å². The van der Waals surface area contributed by atoms with Crippen LogP contribution in [0.4, 0.5) is 13.2 Å². The maximum absolute atomic E-state index is 12.3. The number of hydrogen-bond acceptors (Lipinski definition) is 3. The number of nitrogens with zero attached hydrogens (tertiary/aromatic N) is 2. The van der Waals surface area contributed by atoms with Crippen LogP contribution in [0, 0.1) is 0 Å². The highest BCUT2D eigenvalue weighted by atomic mass is 19.4. The maximum Gasteiger partial charge on any atom is 0.435 e. The van der Waals surface area contributed by atoms with Gasteiger partial charge >= 0.3 is 6.18 Å². The third kappa shape index (κ3) is 4.30. The molecule has 1 rings (SSSR count). The zero-order valence-electron chi connectivity index (χ0n) is 9.88.